The van der Waals surface area contributed by atoms with Gasteiger partial charge in [-0.15, -0.1) is 0 Å². The molecular weight excluding hydrogens is 360 g/mol. The van der Waals surface area contributed by atoms with Crippen LogP contribution in [0.3, 0.4) is 0 Å². The van der Waals surface area contributed by atoms with Crippen LogP contribution >= 0.6 is 0 Å². The summed E-state index contributed by atoms with van der Waals surface area (Å²) in [5.41, 5.74) is 4.63. The number of imidazole rings is 1. The van der Waals surface area contributed by atoms with Gasteiger partial charge in [-0.3, -0.25) is 9.69 Å². The number of rotatable bonds is 6. The zero-order valence-corrected chi connectivity index (χ0v) is 17.4. The van der Waals surface area contributed by atoms with Crippen molar-refractivity contribution in [1.29, 1.82) is 0 Å². The van der Waals surface area contributed by atoms with Gasteiger partial charge >= 0.3 is 0 Å². The minimum Gasteiger partial charge on any atom is -0.327 e. The monoisotopic (exact) mass is 390 g/mol. The van der Waals surface area contributed by atoms with Crippen LogP contribution in [0.4, 0.5) is 5.69 Å². The number of amides is 1. The number of carbonyl (C=O) groups excluding carboxylic acids is 1. The number of carbonyl (C=O) groups is 1. The average molecular weight is 391 g/mol. The Morgan fingerprint density at radius 1 is 1.10 bits per heavy atom. The minimum absolute atomic E-state index is 0.0884. The van der Waals surface area contributed by atoms with E-state index in [1.807, 2.05) is 43.3 Å². The quantitative estimate of drug-likeness (QED) is 0.645. The number of hydrogen-bond donors (Lipinski definition) is 1. The predicted octanol–water partition coefficient (Wildman–Crippen LogP) is 4.99. The van der Waals surface area contributed by atoms with E-state index in [2.05, 4.69) is 27.8 Å². The molecule has 29 heavy (non-hydrogen) atoms. The molecule has 0 atom stereocenters. The minimum atomic E-state index is -0.0884. The van der Waals surface area contributed by atoms with Crippen LogP contribution in [0.2, 0.25) is 0 Å². The van der Waals surface area contributed by atoms with Crippen LogP contribution in [0, 0.1) is 6.92 Å². The van der Waals surface area contributed by atoms with E-state index in [1.54, 1.807) is 0 Å². The van der Waals surface area contributed by atoms with E-state index in [4.69, 9.17) is 4.98 Å². The van der Waals surface area contributed by atoms with Gasteiger partial charge in [0.15, 0.2) is 0 Å². The molecule has 0 saturated carbocycles. The van der Waals surface area contributed by atoms with Gasteiger partial charge < -0.3 is 9.88 Å². The number of aromatic nitrogens is 2. The molecule has 1 aliphatic rings. The lowest BCUT2D eigenvalue weighted by Gasteiger charge is -2.26. The molecule has 0 bridgehead atoms. The Morgan fingerprint density at radius 3 is 2.69 bits per heavy atom. The lowest BCUT2D eigenvalue weighted by Crippen LogP contribution is -2.30. The molecule has 0 unspecified atom stereocenters. The van der Waals surface area contributed by atoms with Crippen LogP contribution in [-0.4, -0.2) is 33.4 Å². The molecule has 1 aromatic heterocycles. The van der Waals surface area contributed by atoms with Crippen LogP contribution in [-0.2, 0) is 13.1 Å². The Labute approximate surface area is 172 Å². The predicted molar refractivity (Wildman–Crippen MR) is 118 cm³/mol. The summed E-state index contributed by atoms with van der Waals surface area (Å²) < 4.78 is 2.34. The van der Waals surface area contributed by atoms with Crippen LogP contribution in [0.1, 0.15) is 54.4 Å². The maximum absolute atomic E-state index is 12.6. The molecule has 2 aromatic carbocycles. The highest BCUT2D eigenvalue weighted by atomic mass is 16.1. The first-order valence-corrected chi connectivity index (χ1v) is 10.7. The van der Waals surface area contributed by atoms with Crippen molar-refractivity contribution in [3.05, 3.63) is 59.4 Å². The first-order chi connectivity index (χ1) is 14.1. The lowest BCUT2D eigenvalue weighted by atomic mass is 10.1. The highest BCUT2D eigenvalue weighted by Crippen LogP contribution is 2.23. The molecule has 1 aliphatic heterocycles. The van der Waals surface area contributed by atoms with Crippen molar-refractivity contribution in [3.63, 3.8) is 0 Å². The number of hydrogen-bond acceptors (Lipinski definition) is 3. The summed E-state index contributed by atoms with van der Waals surface area (Å²) in [6.45, 7) is 8.38. The topological polar surface area (TPSA) is 50.2 Å². The summed E-state index contributed by atoms with van der Waals surface area (Å²) in [7, 11) is 0. The molecule has 5 nitrogen and oxygen atoms in total. The number of anilines is 1. The molecule has 0 spiro atoms. The van der Waals surface area contributed by atoms with E-state index >= 15 is 0 Å². The second-order valence-corrected chi connectivity index (χ2v) is 8.04. The van der Waals surface area contributed by atoms with Gasteiger partial charge in [0.2, 0.25) is 0 Å². The molecular formula is C24H30N4O. The maximum Gasteiger partial charge on any atom is 0.255 e. The number of likely N-dealkylation sites (tertiary alicyclic amines) is 1. The Morgan fingerprint density at radius 2 is 1.93 bits per heavy atom. The SMILES string of the molecule is CCCn1c(CN2CCCCC2)nc2cc(NC(=O)c3cccc(C)c3)ccc21. The number of fused-ring (bicyclic) bond motifs is 1. The third-order valence-electron chi connectivity index (χ3n) is 5.63. The summed E-state index contributed by atoms with van der Waals surface area (Å²) in [6.07, 6.45) is 4.97. The zero-order chi connectivity index (χ0) is 20.2. The standard InChI is InChI=1S/C24H30N4O/c1-3-12-28-22-11-10-20(25-24(29)19-9-7-8-18(2)15-19)16-21(22)26-23(28)17-27-13-5-4-6-14-27/h7-11,15-16H,3-6,12-14,17H2,1-2H3,(H,25,29). The summed E-state index contributed by atoms with van der Waals surface area (Å²) in [5.74, 6) is 1.04. The lowest BCUT2D eigenvalue weighted by molar-refractivity contribution is 0.102. The third kappa shape index (κ3) is 4.51. The first kappa shape index (κ1) is 19.6. The molecule has 4 rings (SSSR count). The molecule has 3 aromatic rings. The second kappa shape index (κ2) is 8.78. The Kier molecular flexibility index (Phi) is 5.95. The van der Waals surface area contributed by atoms with Crippen molar-refractivity contribution in [1.82, 2.24) is 14.5 Å². The van der Waals surface area contributed by atoms with Crippen LogP contribution < -0.4 is 5.32 Å². The van der Waals surface area contributed by atoms with Crippen LogP contribution in [0.5, 0.6) is 0 Å². The summed E-state index contributed by atoms with van der Waals surface area (Å²) in [4.78, 5) is 20.1. The van der Waals surface area contributed by atoms with E-state index in [0.717, 1.165) is 60.7 Å². The molecule has 1 amide bonds. The number of benzene rings is 2. The second-order valence-electron chi connectivity index (χ2n) is 8.04. The van der Waals surface area contributed by atoms with Gasteiger partial charge in [-0.05, 0) is 69.6 Å². The fraction of sp³-hybridized carbons (Fsp3) is 0.417. The zero-order valence-electron chi connectivity index (χ0n) is 17.4. The van der Waals surface area contributed by atoms with Crippen molar-refractivity contribution >= 4 is 22.6 Å². The highest BCUT2D eigenvalue weighted by molar-refractivity contribution is 6.05. The fourth-order valence-corrected chi connectivity index (χ4v) is 4.16. The average Bonchev–Trinajstić information content (AvgIpc) is 3.05. The van der Waals surface area contributed by atoms with Gasteiger partial charge in [0.05, 0.1) is 17.6 Å². The van der Waals surface area contributed by atoms with Gasteiger partial charge in [-0.2, -0.15) is 0 Å². The Bertz CT molecular complexity index is 1000. The van der Waals surface area contributed by atoms with E-state index in [-0.39, 0.29) is 5.91 Å². The van der Waals surface area contributed by atoms with Gasteiger partial charge in [0, 0.05) is 17.8 Å². The molecule has 5 heteroatoms. The van der Waals surface area contributed by atoms with Crippen molar-refractivity contribution in [3.8, 4) is 0 Å². The number of piperidine rings is 1. The summed E-state index contributed by atoms with van der Waals surface area (Å²) >= 11 is 0. The van der Waals surface area contributed by atoms with Crippen LogP contribution in [0.15, 0.2) is 42.5 Å². The largest absolute Gasteiger partial charge is 0.327 e. The van der Waals surface area contributed by atoms with Gasteiger partial charge in [0.1, 0.15) is 5.82 Å². The molecule has 0 radical (unpaired) electrons. The Balaban J connectivity index is 1.58. The molecule has 152 valence electrons. The van der Waals surface area contributed by atoms with E-state index in [0.29, 0.717) is 5.56 Å². The fourth-order valence-electron chi connectivity index (χ4n) is 4.16. The van der Waals surface area contributed by atoms with E-state index in [9.17, 15) is 4.79 Å². The number of nitrogens with zero attached hydrogens (tertiary/aromatic N) is 3. The van der Waals surface area contributed by atoms with E-state index < -0.39 is 0 Å². The molecule has 1 N–H and O–H groups in total. The van der Waals surface area contributed by atoms with Gasteiger partial charge in [-0.25, -0.2) is 4.98 Å². The van der Waals surface area contributed by atoms with Crippen molar-refractivity contribution in [2.24, 2.45) is 0 Å². The number of nitrogens with one attached hydrogen (secondary N) is 1. The highest BCUT2D eigenvalue weighted by Gasteiger charge is 2.17. The smallest absolute Gasteiger partial charge is 0.255 e. The van der Waals surface area contributed by atoms with Gasteiger partial charge in [0.25, 0.3) is 5.91 Å². The van der Waals surface area contributed by atoms with Gasteiger partial charge in [-0.1, -0.05) is 31.0 Å². The molecule has 0 aliphatic carbocycles. The molecule has 2 heterocycles. The number of aryl methyl sites for hydroxylation is 2. The summed E-state index contributed by atoms with van der Waals surface area (Å²) in [5, 5.41) is 3.02. The maximum atomic E-state index is 12.6. The third-order valence-corrected chi connectivity index (χ3v) is 5.63. The first-order valence-electron chi connectivity index (χ1n) is 10.7. The Hall–Kier alpha value is -2.66. The van der Waals surface area contributed by atoms with Crippen LogP contribution in [0.25, 0.3) is 11.0 Å². The van der Waals surface area contributed by atoms with Crippen molar-refractivity contribution < 1.29 is 4.79 Å². The van der Waals surface area contributed by atoms with Crippen molar-refractivity contribution in [2.45, 2.75) is 52.6 Å². The van der Waals surface area contributed by atoms with Crippen molar-refractivity contribution in [2.75, 3.05) is 18.4 Å². The molecule has 1 fully saturated rings. The normalized spacial score (nSPS) is 15.0. The van der Waals surface area contributed by atoms with E-state index in [1.165, 1.54) is 19.3 Å². The summed E-state index contributed by atoms with van der Waals surface area (Å²) in [6, 6.07) is 13.7. The molecule has 1 saturated heterocycles.